The van der Waals surface area contributed by atoms with Gasteiger partial charge in [-0.1, -0.05) is 6.92 Å². The lowest BCUT2D eigenvalue weighted by atomic mass is 9.87. The fraction of sp³-hybridized carbons (Fsp3) is 0.636. The fourth-order valence-electron chi connectivity index (χ4n) is 1.62. The number of hydrogen-bond acceptors (Lipinski definition) is 3. The lowest BCUT2D eigenvalue weighted by Gasteiger charge is -2.40. The number of likely N-dealkylation sites (N-methyl/N-ethyl adjacent to an activating group) is 1. The lowest BCUT2D eigenvalue weighted by Crippen LogP contribution is -2.49. The molecule has 4 heteroatoms. The molecule has 2 N–H and O–H groups in total. The maximum Gasteiger partial charge on any atom is 0.0585 e. The van der Waals surface area contributed by atoms with Crippen molar-refractivity contribution in [2.75, 3.05) is 14.1 Å². The quantitative estimate of drug-likeness (QED) is 0.922. The van der Waals surface area contributed by atoms with Gasteiger partial charge < -0.3 is 10.6 Å². The second kappa shape index (κ2) is 4.95. The first-order valence-electron chi connectivity index (χ1n) is 5.09. The van der Waals surface area contributed by atoms with Gasteiger partial charge in [0.25, 0.3) is 0 Å². The Hall–Kier alpha value is 0.1000. The summed E-state index contributed by atoms with van der Waals surface area (Å²) in [5.41, 5.74) is 6.38. The van der Waals surface area contributed by atoms with Crippen molar-refractivity contribution in [3.05, 3.63) is 20.8 Å². The van der Waals surface area contributed by atoms with Gasteiger partial charge in [-0.25, -0.2) is 0 Å². The number of rotatable bonds is 4. The van der Waals surface area contributed by atoms with Gasteiger partial charge in [0.2, 0.25) is 0 Å². The Labute approximate surface area is 105 Å². The van der Waals surface area contributed by atoms with Crippen LogP contribution in [0.2, 0.25) is 0 Å². The Morgan fingerprint density at radius 3 is 2.53 bits per heavy atom. The first-order valence-corrected chi connectivity index (χ1v) is 6.76. The number of hydrogen-bond donors (Lipinski definition) is 1. The van der Waals surface area contributed by atoms with Crippen molar-refractivity contribution in [2.24, 2.45) is 5.73 Å². The van der Waals surface area contributed by atoms with E-state index in [1.165, 1.54) is 4.88 Å². The minimum Gasteiger partial charge on any atom is -0.322 e. The molecule has 86 valence electrons. The van der Waals surface area contributed by atoms with Gasteiger partial charge in [-0.2, -0.15) is 0 Å². The maximum absolute atomic E-state index is 6.37. The second-order valence-corrected chi connectivity index (χ2v) is 6.02. The Balaban J connectivity index is 3.02. The summed E-state index contributed by atoms with van der Waals surface area (Å²) in [6.45, 7) is 4.39. The summed E-state index contributed by atoms with van der Waals surface area (Å²) in [5, 5.41) is 2.07. The molecule has 1 aromatic rings. The average Bonchev–Trinajstić information content (AvgIpc) is 2.61. The molecule has 0 bridgehead atoms. The van der Waals surface area contributed by atoms with Crippen LogP contribution < -0.4 is 5.73 Å². The molecule has 0 radical (unpaired) electrons. The summed E-state index contributed by atoms with van der Waals surface area (Å²) in [6.07, 6.45) is 1.03. The van der Waals surface area contributed by atoms with Crippen LogP contribution in [0.25, 0.3) is 0 Å². The van der Waals surface area contributed by atoms with E-state index in [4.69, 9.17) is 5.73 Å². The minimum absolute atomic E-state index is 0.00731. The smallest absolute Gasteiger partial charge is 0.0585 e. The molecule has 1 rings (SSSR count). The molecule has 2 nitrogen and oxygen atoms in total. The van der Waals surface area contributed by atoms with Gasteiger partial charge in [0.05, 0.1) is 6.04 Å². The van der Waals surface area contributed by atoms with Crippen molar-refractivity contribution in [3.8, 4) is 0 Å². The summed E-state index contributed by atoms with van der Waals surface area (Å²) < 4.78 is 1.13. The van der Waals surface area contributed by atoms with Gasteiger partial charge in [0, 0.05) is 14.9 Å². The standard InChI is InChI=1S/C11H19BrN2S/c1-5-11(2,14(3)4)10(13)9-8(12)6-7-15-9/h6-7,10H,5,13H2,1-4H3. The van der Waals surface area contributed by atoms with Crippen LogP contribution in [0.5, 0.6) is 0 Å². The Morgan fingerprint density at radius 2 is 2.20 bits per heavy atom. The first kappa shape index (κ1) is 13.2. The van der Waals surface area contributed by atoms with Gasteiger partial charge in [0.1, 0.15) is 0 Å². The van der Waals surface area contributed by atoms with Crippen LogP contribution in [0, 0.1) is 0 Å². The maximum atomic E-state index is 6.37. The van der Waals surface area contributed by atoms with E-state index in [0.717, 1.165) is 10.9 Å². The molecule has 2 atom stereocenters. The third-order valence-electron chi connectivity index (χ3n) is 3.33. The van der Waals surface area contributed by atoms with Crippen molar-refractivity contribution in [1.82, 2.24) is 4.90 Å². The summed E-state index contributed by atoms with van der Waals surface area (Å²) in [4.78, 5) is 3.44. The van der Waals surface area contributed by atoms with E-state index in [0.29, 0.717) is 0 Å². The van der Waals surface area contributed by atoms with Crippen LogP contribution in [-0.4, -0.2) is 24.5 Å². The molecule has 0 aliphatic heterocycles. The molecule has 0 amide bonds. The summed E-state index contributed by atoms with van der Waals surface area (Å²) in [5.74, 6) is 0. The first-order chi connectivity index (χ1) is 6.93. The van der Waals surface area contributed by atoms with E-state index in [1.807, 2.05) is 0 Å². The molecule has 0 aliphatic carbocycles. The van der Waals surface area contributed by atoms with E-state index in [1.54, 1.807) is 11.3 Å². The molecule has 0 saturated heterocycles. The van der Waals surface area contributed by atoms with E-state index in [2.05, 4.69) is 60.2 Å². The zero-order chi connectivity index (χ0) is 11.6. The van der Waals surface area contributed by atoms with Gasteiger partial charge in [0.15, 0.2) is 0 Å². The van der Waals surface area contributed by atoms with E-state index >= 15 is 0 Å². The molecular formula is C11H19BrN2S. The molecule has 0 aliphatic rings. The predicted molar refractivity (Wildman–Crippen MR) is 71.3 cm³/mol. The zero-order valence-corrected chi connectivity index (χ0v) is 12.2. The molecule has 0 saturated carbocycles. The Bertz CT molecular complexity index is 324. The van der Waals surface area contributed by atoms with E-state index < -0.39 is 0 Å². The molecule has 1 heterocycles. The molecule has 1 aromatic heterocycles. The number of thiophene rings is 1. The van der Waals surface area contributed by atoms with Crippen molar-refractivity contribution >= 4 is 27.3 Å². The number of nitrogens with two attached hydrogens (primary N) is 1. The van der Waals surface area contributed by atoms with Crippen molar-refractivity contribution in [3.63, 3.8) is 0 Å². The summed E-state index contributed by atoms with van der Waals surface area (Å²) in [6, 6.07) is 2.11. The molecule has 0 aromatic carbocycles. The molecule has 2 unspecified atom stereocenters. The highest BCUT2D eigenvalue weighted by Crippen LogP contribution is 2.37. The molecule has 0 spiro atoms. The Kier molecular flexibility index (Phi) is 4.35. The monoisotopic (exact) mass is 290 g/mol. The van der Waals surface area contributed by atoms with Gasteiger partial charge >= 0.3 is 0 Å². The third-order valence-corrected chi connectivity index (χ3v) is 5.29. The van der Waals surface area contributed by atoms with E-state index in [-0.39, 0.29) is 11.6 Å². The van der Waals surface area contributed by atoms with Crippen molar-refractivity contribution in [2.45, 2.75) is 31.8 Å². The SMILES string of the molecule is CCC(C)(C(N)c1sccc1Br)N(C)C. The van der Waals surface area contributed by atoms with Crippen LogP contribution in [0.3, 0.4) is 0 Å². The summed E-state index contributed by atoms with van der Waals surface area (Å²) >= 11 is 5.27. The second-order valence-electron chi connectivity index (χ2n) is 4.22. The zero-order valence-electron chi connectivity index (χ0n) is 9.75. The van der Waals surface area contributed by atoms with Crippen molar-refractivity contribution in [1.29, 1.82) is 0 Å². The van der Waals surface area contributed by atoms with Crippen LogP contribution in [-0.2, 0) is 0 Å². The average molecular weight is 291 g/mol. The van der Waals surface area contributed by atoms with Crippen LogP contribution in [0.4, 0.5) is 0 Å². The molecule has 0 fully saturated rings. The topological polar surface area (TPSA) is 29.3 Å². The molecular weight excluding hydrogens is 272 g/mol. The van der Waals surface area contributed by atoms with Gasteiger partial charge in [-0.05, 0) is 54.8 Å². The Morgan fingerprint density at radius 1 is 1.60 bits per heavy atom. The third kappa shape index (κ3) is 2.44. The predicted octanol–water partition coefficient (Wildman–Crippen LogP) is 3.24. The highest BCUT2D eigenvalue weighted by molar-refractivity contribution is 9.10. The summed E-state index contributed by atoms with van der Waals surface area (Å²) in [7, 11) is 4.18. The number of nitrogens with zero attached hydrogens (tertiary/aromatic N) is 1. The highest BCUT2D eigenvalue weighted by atomic mass is 79.9. The van der Waals surface area contributed by atoms with Crippen molar-refractivity contribution < 1.29 is 0 Å². The fourth-order valence-corrected chi connectivity index (χ4v) is 3.39. The van der Waals surface area contributed by atoms with E-state index in [9.17, 15) is 0 Å². The van der Waals surface area contributed by atoms with Gasteiger partial charge in [-0.15, -0.1) is 11.3 Å². The van der Waals surface area contributed by atoms with Crippen LogP contribution >= 0.6 is 27.3 Å². The lowest BCUT2D eigenvalue weighted by molar-refractivity contribution is 0.133. The molecule has 15 heavy (non-hydrogen) atoms. The largest absolute Gasteiger partial charge is 0.322 e. The van der Waals surface area contributed by atoms with Crippen LogP contribution in [0.15, 0.2) is 15.9 Å². The normalized spacial score (nSPS) is 17.8. The van der Waals surface area contributed by atoms with Gasteiger partial charge in [-0.3, -0.25) is 0 Å². The minimum atomic E-state index is 0.00731. The number of halogens is 1. The highest BCUT2D eigenvalue weighted by Gasteiger charge is 2.34. The van der Waals surface area contributed by atoms with Crippen LogP contribution in [0.1, 0.15) is 31.2 Å².